The molecule has 1 atom stereocenters. The zero-order valence-electron chi connectivity index (χ0n) is 9.31. The first-order valence-electron chi connectivity index (χ1n) is 5.11. The van der Waals surface area contributed by atoms with Gasteiger partial charge in [-0.1, -0.05) is 37.3 Å². The summed E-state index contributed by atoms with van der Waals surface area (Å²) >= 11 is 0. The minimum atomic E-state index is -0.781. The molecule has 0 saturated heterocycles. The number of hydrogen-bond donors (Lipinski definition) is 2. The predicted octanol–water partition coefficient (Wildman–Crippen LogP) is 2.23. The lowest BCUT2D eigenvalue weighted by atomic mass is 10.0. The highest BCUT2D eigenvalue weighted by molar-refractivity contribution is 5.75. The molecule has 0 bridgehead atoms. The molecule has 0 heterocycles. The smallest absolute Gasteiger partial charge is 0.310 e. The summed E-state index contributed by atoms with van der Waals surface area (Å²) < 4.78 is 0. The Labute approximate surface area is 90.9 Å². The molecule has 1 unspecified atom stereocenters. The molecule has 0 aromatic heterocycles. The Morgan fingerprint density at radius 1 is 1.40 bits per heavy atom. The lowest BCUT2D eigenvalue weighted by Crippen LogP contribution is -2.06. The van der Waals surface area contributed by atoms with E-state index in [0.29, 0.717) is 0 Å². The second kappa shape index (κ2) is 8.00. The van der Waals surface area contributed by atoms with Gasteiger partial charge in [0, 0.05) is 0 Å². The Bertz CT molecular complexity index is 270. The molecular formula is C12H19NO2. The van der Waals surface area contributed by atoms with Crippen LogP contribution < -0.4 is 5.73 Å². The minimum Gasteiger partial charge on any atom is -0.481 e. The third kappa shape index (κ3) is 5.86. The Morgan fingerprint density at radius 3 is 2.20 bits per heavy atom. The van der Waals surface area contributed by atoms with Crippen LogP contribution in [0, 0.1) is 0 Å². The zero-order chi connectivity index (χ0) is 11.7. The largest absolute Gasteiger partial charge is 0.481 e. The third-order valence-electron chi connectivity index (χ3n) is 1.96. The van der Waals surface area contributed by atoms with Crippen LogP contribution in [0.25, 0.3) is 0 Å². The molecule has 84 valence electrons. The van der Waals surface area contributed by atoms with E-state index >= 15 is 0 Å². The summed E-state index contributed by atoms with van der Waals surface area (Å²) in [4.78, 5) is 10.5. The van der Waals surface area contributed by atoms with Crippen molar-refractivity contribution in [3.05, 3.63) is 35.9 Å². The number of benzene rings is 1. The Morgan fingerprint density at radius 2 is 1.87 bits per heavy atom. The first-order chi connectivity index (χ1) is 7.13. The summed E-state index contributed by atoms with van der Waals surface area (Å²) in [7, 11) is 0. The molecule has 0 aliphatic heterocycles. The van der Waals surface area contributed by atoms with Gasteiger partial charge in [0.1, 0.15) is 0 Å². The maximum atomic E-state index is 10.5. The van der Waals surface area contributed by atoms with Crippen LogP contribution in [-0.4, -0.2) is 17.6 Å². The highest BCUT2D eigenvalue weighted by atomic mass is 16.4. The van der Waals surface area contributed by atoms with Crippen molar-refractivity contribution in [1.29, 1.82) is 0 Å². The number of nitrogens with two attached hydrogens (primary N) is 1. The number of aliphatic carboxylic acids is 1. The minimum absolute atomic E-state index is 0.406. The highest BCUT2D eigenvalue weighted by Crippen LogP contribution is 2.13. The number of carbonyl (C=O) groups is 1. The van der Waals surface area contributed by atoms with Gasteiger partial charge < -0.3 is 10.8 Å². The van der Waals surface area contributed by atoms with E-state index in [1.807, 2.05) is 30.3 Å². The number of rotatable bonds is 3. The molecule has 0 radical (unpaired) electrons. The van der Waals surface area contributed by atoms with Crippen LogP contribution in [0.1, 0.15) is 31.7 Å². The number of carboxylic acids is 1. The molecule has 0 amide bonds. The predicted molar refractivity (Wildman–Crippen MR) is 61.8 cm³/mol. The maximum Gasteiger partial charge on any atom is 0.310 e. The SMILES string of the molecule is CC(C(=O)O)c1ccccc1.CCCN. The molecule has 0 spiro atoms. The van der Waals surface area contributed by atoms with Gasteiger partial charge in [-0.25, -0.2) is 0 Å². The standard InChI is InChI=1S/C9H10O2.C3H9N/c1-7(9(10)11)8-5-3-2-4-6-8;1-2-3-4/h2-7H,1H3,(H,10,11);2-4H2,1H3. The lowest BCUT2D eigenvalue weighted by molar-refractivity contribution is -0.138. The van der Waals surface area contributed by atoms with Gasteiger partial charge in [0.2, 0.25) is 0 Å². The lowest BCUT2D eigenvalue weighted by Gasteiger charge is -2.04. The summed E-state index contributed by atoms with van der Waals surface area (Å²) in [6, 6.07) is 9.19. The van der Waals surface area contributed by atoms with Crippen molar-refractivity contribution in [3.8, 4) is 0 Å². The fourth-order valence-electron chi connectivity index (χ4n) is 0.884. The van der Waals surface area contributed by atoms with E-state index in [0.717, 1.165) is 18.5 Å². The van der Waals surface area contributed by atoms with E-state index in [1.54, 1.807) is 6.92 Å². The van der Waals surface area contributed by atoms with E-state index in [-0.39, 0.29) is 0 Å². The molecule has 3 heteroatoms. The summed E-state index contributed by atoms with van der Waals surface area (Å²) in [6.07, 6.45) is 1.10. The molecule has 0 aliphatic carbocycles. The van der Waals surface area contributed by atoms with Gasteiger partial charge in [-0.2, -0.15) is 0 Å². The molecule has 1 aromatic carbocycles. The zero-order valence-corrected chi connectivity index (χ0v) is 9.31. The Balaban J connectivity index is 0.000000423. The molecule has 1 rings (SSSR count). The monoisotopic (exact) mass is 209 g/mol. The Hall–Kier alpha value is -1.35. The second-order valence-corrected chi connectivity index (χ2v) is 3.26. The first-order valence-corrected chi connectivity index (χ1v) is 5.11. The summed E-state index contributed by atoms with van der Waals surface area (Å²) in [5, 5.41) is 8.64. The average molecular weight is 209 g/mol. The molecule has 0 fully saturated rings. The van der Waals surface area contributed by atoms with E-state index in [9.17, 15) is 4.79 Å². The van der Waals surface area contributed by atoms with E-state index in [4.69, 9.17) is 10.8 Å². The van der Waals surface area contributed by atoms with Gasteiger partial charge in [-0.3, -0.25) is 4.79 Å². The van der Waals surface area contributed by atoms with Gasteiger partial charge >= 0.3 is 5.97 Å². The fraction of sp³-hybridized carbons (Fsp3) is 0.417. The second-order valence-electron chi connectivity index (χ2n) is 3.26. The van der Waals surface area contributed by atoms with Gasteiger partial charge in [0.25, 0.3) is 0 Å². The van der Waals surface area contributed by atoms with E-state index in [2.05, 4.69) is 6.92 Å². The average Bonchev–Trinajstić information content (AvgIpc) is 2.29. The molecule has 15 heavy (non-hydrogen) atoms. The van der Waals surface area contributed by atoms with Gasteiger partial charge in [-0.05, 0) is 25.5 Å². The van der Waals surface area contributed by atoms with Gasteiger partial charge in [0.05, 0.1) is 5.92 Å². The van der Waals surface area contributed by atoms with E-state index < -0.39 is 11.9 Å². The molecule has 0 aliphatic rings. The van der Waals surface area contributed by atoms with Crippen LogP contribution in [0.3, 0.4) is 0 Å². The van der Waals surface area contributed by atoms with Gasteiger partial charge in [0.15, 0.2) is 0 Å². The van der Waals surface area contributed by atoms with Gasteiger partial charge in [-0.15, -0.1) is 0 Å². The van der Waals surface area contributed by atoms with Crippen LogP contribution in [0.4, 0.5) is 0 Å². The van der Waals surface area contributed by atoms with Crippen LogP contribution in [-0.2, 0) is 4.79 Å². The van der Waals surface area contributed by atoms with Crippen molar-refractivity contribution in [1.82, 2.24) is 0 Å². The van der Waals surface area contributed by atoms with Crippen LogP contribution in [0.2, 0.25) is 0 Å². The summed E-state index contributed by atoms with van der Waals surface area (Å²) in [5.41, 5.74) is 5.88. The molecule has 0 saturated carbocycles. The quantitative estimate of drug-likeness (QED) is 0.802. The fourth-order valence-corrected chi connectivity index (χ4v) is 0.884. The van der Waals surface area contributed by atoms with Crippen molar-refractivity contribution >= 4 is 5.97 Å². The van der Waals surface area contributed by atoms with Crippen molar-refractivity contribution in [2.24, 2.45) is 5.73 Å². The van der Waals surface area contributed by atoms with Crippen LogP contribution in [0.5, 0.6) is 0 Å². The molecular weight excluding hydrogens is 190 g/mol. The summed E-state index contributed by atoms with van der Waals surface area (Å²) in [6.45, 7) is 4.55. The van der Waals surface area contributed by atoms with Crippen LogP contribution in [0.15, 0.2) is 30.3 Å². The van der Waals surface area contributed by atoms with Crippen molar-refractivity contribution in [3.63, 3.8) is 0 Å². The van der Waals surface area contributed by atoms with Crippen LogP contribution >= 0.6 is 0 Å². The summed E-state index contributed by atoms with van der Waals surface area (Å²) in [5.74, 6) is -1.19. The molecule has 1 aromatic rings. The van der Waals surface area contributed by atoms with E-state index in [1.165, 1.54) is 0 Å². The number of carboxylic acid groups (broad SMARTS) is 1. The first kappa shape index (κ1) is 13.7. The normalized spacial score (nSPS) is 11.1. The molecule has 3 nitrogen and oxygen atoms in total. The number of hydrogen-bond acceptors (Lipinski definition) is 2. The molecule has 3 N–H and O–H groups in total. The third-order valence-corrected chi connectivity index (χ3v) is 1.96. The Kier molecular flexibility index (Phi) is 7.28. The van der Waals surface area contributed by atoms with Crippen molar-refractivity contribution in [2.75, 3.05) is 6.54 Å². The highest BCUT2D eigenvalue weighted by Gasteiger charge is 2.11. The maximum absolute atomic E-state index is 10.5. The topological polar surface area (TPSA) is 63.3 Å². The van der Waals surface area contributed by atoms with Crippen molar-refractivity contribution < 1.29 is 9.90 Å². The van der Waals surface area contributed by atoms with Crippen molar-refractivity contribution in [2.45, 2.75) is 26.2 Å².